The molecule has 0 spiro atoms. The van der Waals surface area contributed by atoms with Crippen molar-refractivity contribution in [3.63, 3.8) is 0 Å². The highest BCUT2D eigenvalue weighted by Gasteiger charge is 2.36. The number of rotatable bonds is 5. The highest BCUT2D eigenvalue weighted by molar-refractivity contribution is 7.90. The van der Waals surface area contributed by atoms with E-state index in [0.717, 1.165) is 18.7 Å². The van der Waals surface area contributed by atoms with Crippen LogP contribution in [0.3, 0.4) is 0 Å². The minimum atomic E-state index is -3.20. The minimum absolute atomic E-state index is 0.0123. The monoisotopic (exact) mass is 399 g/mol. The first kappa shape index (κ1) is 19.5. The Morgan fingerprint density at radius 1 is 1.07 bits per heavy atom. The molecule has 4 nitrogen and oxygen atoms in total. The van der Waals surface area contributed by atoms with Crippen LogP contribution >= 0.6 is 0 Å². The lowest BCUT2D eigenvalue weighted by Gasteiger charge is -2.26. The van der Waals surface area contributed by atoms with Crippen molar-refractivity contribution in [1.29, 1.82) is 0 Å². The molecule has 2 aromatic rings. The smallest absolute Gasteiger partial charge is 0.175 e. The van der Waals surface area contributed by atoms with Gasteiger partial charge in [-0.2, -0.15) is 0 Å². The van der Waals surface area contributed by atoms with Crippen molar-refractivity contribution in [1.82, 2.24) is 4.90 Å². The summed E-state index contributed by atoms with van der Waals surface area (Å²) in [7, 11) is -3.20. The summed E-state index contributed by atoms with van der Waals surface area (Å²) in [6.07, 6.45) is 4.86. The molecule has 28 heavy (non-hydrogen) atoms. The van der Waals surface area contributed by atoms with E-state index in [1.165, 1.54) is 54.4 Å². The molecule has 1 heterocycles. The van der Waals surface area contributed by atoms with Crippen molar-refractivity contribution in [2.24, 2.45) is 5.92 Å². The molecule has 0 saturated carbocycles. The quantitative estimate of drug-likeness (QED) is 0.760. The number of fused-ring (bicyclic) bond motifs is 1. The third-order valence-corrected chi connectivity index (χ3v) is 7.19. The largest absolute Gasteiger partial charge is 0.485 e. The van der Waals surface area contributed by atoms with E-state index in [1.54, 1.807) is 24.3 Å². The number of likely N-dealkylation sites (tertiary alicyclic amines) is 1. The molecule has 1 saturated heterocycles. The molecule has 1 aliphatic heterocycles. The molecule has 0 amide bonds. The predicted molar refractivity (Wildman–Crippen MR) is 112 cm³/mol. The SMILES string of the molecule is Cc1cc(C)c2c(c1)[C@H](Oc1ccc(S(C)(=O)=O)cc1)[C@@H](CN1CCCC1)C2. The van der Waals surface area contributed by atoms with Gasteiger partial charge in [0.25, 0.3) is 0 Å². The number of nitrogens with zero attached hydrogens (tertiary/aromatic N) is 1. The fourth-order valence-corrected chi connectivity index (χ4v) is 5.35. The highest BCUT2D eigenvalue weighted by atomic mass is 32.2. The summed E-state index contributed by atoms with van der Waals surface area (Å²) < 4.78 is 29.9. The van der Waals surface area contributed by atoms with E-state index in [9.17, 15) is 8.42 Å². The van der Waals surface area contributed by atoms with Crippen molar-refractivity contribution in [3.8, 4) is 5.75 Å². The van der Waals surface area contributed by atoms with Gasteiger partial charge in [-0.25, -0.2) is 8.42 Å². The van der Waals surface area contributed by atoms with Crippen LogP contribution in [0, 0.1) is 19.8 Å². The van der Waals surface area contributed by atoms with Gasteiger partial charge in [0.05, 0.1) is 4.90 Å². The van der Waals surface area contributed by atoms with Crippen molar-refractivity contribution in [2.75, 3.05) is 25.9 Å². The van der Waals surface area contributed by atoms with Crippen molar-refractivity contribution in [2.45, 2.75) is 44.1 Å². The fraction of sp³-hybridized carbons (Fsp3) is 0.478. The van der Waals surface area contributed by atoms with Gasteiger partial charge in [0.2, 0.25) is 0 Å². The van der Waals surface area contributed by atoms with Crippen LogP contribution < -0.4 is 4.74 Å². The predicted octanol–water partition coefficient (Wildman–Crippen LogP) is 4.10. The average Bonchev–Trinajstić information content (AvgIpc) is 3.25. The molecular formula is C23H29NO3S. The number of benzene rings is 2. The van der Waals surface area contributed by atoms with Gasteiger partial charge in [0.15, 0.2) is 9.84 Å². The second-order valence-electron chi connectivity index (χ2n) is 8.40. The molecule has 0 aromatic heterocycles. The van der Waals surface area contributed by atoms with Crippen LogP contribution in [0.2, 0.25) is 0 Å². The summed E-state index contributed by atoms with van der Waals surface area (Å²) in [4.78, 5) is 2.88. The Hall–Kier alpha value is -1.85. The number of ether oxygens (including phenoxy) is 1. The summed E-state index contributed by atoms with van der Waals surface area (Å²) in [6.45, 7) is 7.75. The van der Waals surface area contributed by atoms with E-state index in [0.29, 0.717) is 10.8 Å². The number of aryl methyl sites for hydroxylation is 2. The molecular weight excluding hydrogens is 370 g/mol. The lowest BCUT2D eigenvalue weighted by atomic mass is 10.0. The summed E-state index contributed by atoms with van der Waals surface area (Å²) >= 11 is 0. The number of hydrogen-bond acceptors (Lipinski definition) is 4. The molecule has 1 fully saturated rings. The second kappa shape index (κ2) is 7.53. The minimum Gasteiger partial charge on any atom is -0.485 e. The van der Waals surface area contributed by atoms with Gasteiger partial charge in [-0.3, -0.25) is 0 Å². The first-order valence-electron chi connectivity index (χ1n) is 10.1. The molecule has 0 bridgehead atoms. The molecule has 4 rings (SSSR count). The maximum absolute atomic E-state index is 11.7. The molecule has 2 atom stereocenters. The maximum atomic E-state index is 11.7. The normalized spacial score (nSPS) is 22.4. The zero-order valence-electron chi connectivity index (χ0n) is 16.9. The van der Waals surface area contributed by atoms with Crippen molar-refractivity contribution >= 4 is 9.84 Å². The van der Waals surface area contributed by atoms with E-state index in [-0.39, 0.29) is 6.10 Å². The number of hydrogen-bond donors (Lipinski definition) is 0. The topological polar surface area (TPSA) is 46.6 Å². The van der Waals surface area contributed by atoms with E-state index in [4.69, 9.17) is 4.74 Å². The number of sulfone groups is 1. The zero-order chi connectivity index (χ0) is 19.9. The van der Waals surface area contributed by atoms with Crippen LogP contribution in [0.15, 0.2) is 41.3 Å². The average molecular weight is 400 g/mol. The highest BCUT2D eigenvalue weighted by Crippen LogP contribution is 2.42. The Balaban J connectivity index is 1.63. The lowest BCUT2D eigenvalue weighted by molar-refractivity contribution is 0.121. The Morgan fingerprint density at radius 3 is 2.39 bits per heavy atom. The molecule has 1 aliphatic carbocycles. The van der Waals surface area contributed by atoms with Crippen LogP contribution in [0.4, 0.5) is 0 Å². The second-order valence-corrected chi connectivity index (χ2v) is 10.4. The van der Waals surface area contributed by atoms with Gasteiger partial charge in [0.1, 0.15) is 11.9 Å². The van der Waals surface area contributed by atoms with E-state index >= 15 is 0 Å². The Morgan fingerprint density at radius 2 is 1.75 bits per heavy atom. The molecule has 0 radical (unpaired) electrons. The van der Waals surface area contributed by atoms with Crippen LogP contribution in [0.5, 0.6) is 5.75 Å². The van der Waals surface area contributed by atoms with Crippen LogP contribution in [0.1, 0.15) is 41.2 Å². The third-order valence-electron chi connectivity index (χ3n) is 6.06. The van der Waals surface area contributed by atoms with E-state index < -0.39 is 9.84 Å². The van der Waals surface area contributed by atoms with Crippen LogP contribution in [0.25, 0.3) is 0 Å². The van der Waals surface area contributed by atoms with Gasteiger partial charge in [0, 0.05) is 18.7 Å². The molecule has 5 heteroatoms. The molecule has 150 valence electrons. The standard InChI is InChI=1S/C23H29NO3S/c1-16-12-17(2)21-14-18(15-24-10-4-5-11-24)23(22(21)13-16)27-19-6-8-20(9-7-19)28(3,25)26/h6-9,12-13,18,23H,4-5,10-11,14-15H2,1-3H3/t18-,23-/m1/s1. The molecule has 2 aliphatic rings. The Bertz CT molecular complexity index is 960. The first-order valence-corrected chi connectivity index (χ1v) is 12.0. The summed E-state index contributed by atoms with van der Waals surface area (Å²) in [5.74, 6) is 1.15. The van der Waals surface area contributed by atoms with Crippen molar-refractivity contribution in [3.05, 3.63) is 58.7 Å². The molecule has 2 aromatic carbocycles. The maximum Gasteiger partial charge on any atom is 0.175 e. The summed E-state index contributed by atoms with van der Waals surface area (Å²) in [5, 5.41) is 0. The first-order chi connectivity index (χ1) is 13.3. The lowest BCUT2D eigenvalue weighted by Crippen LogP contribution is -2.30. The molecule has 0 unspecified atom stereocenters. The van der Waals surface area contributed by atoms with Crippen LogP contribution in [-0.2, 0) is 16.3 Å². The van der Waals surface area contributed by atoms with Gasteiger partial charge in [-0.1, -0.05) is 17.7 Å². The third kappa shape index (κ3) is 3.96. The van der Waals surface area contributed by atoms with Crippen molar-refractivity contribution < 1.29 is 13.2 Å². The fourth-order valence-electron chi connectivity index (χ4n) is 4.72. The van der Waals surface area contributed by atoms with Gasteiger partial charge in [-0.15, -0.1) is 0 Å². The van der Waals surface area contributed by atoms with E-state index in [2.05, 4.69) is 30.9 Å². The van der Waals surface area contributed by atoms with Gasteiger partial charge in [-0.05, 0) is 87.2 Å². The van der Waals surface area contributed by atoms with Gasteiger partial charge < -0.3 is 9.64 Å². The van der Waals surface area contributed by atoms with Gasteiger partial charge >= 0.3 is 0 Å². The van der Waals surface area contributed by atoms with Crippen LogP contribution in [-0.4, -0.2) is 39.2 Å². The van der Waals surface area contributed by atoms with E-state index in [1.807, 2.05) is 0 Å². The Labute approximate surface area is 168 Å². The Kier molecular flexibility index (Phi) is 5.23. The zero-order valence-corrected chi connectivity index (χ0v) is 17.8. The molecule has 0 N–H and O–H groups in total. The summed E-state index contributed by atoms with van der Waals surface area (Å²) in [5.41, 5.74) is 5.33. The summed E-state index contributed by atoms with van der Waals surface area (Å²) in [6, 6.07) is 11.4.